The number of rotatable bonds is 17. The van der Waals surface area contributed by atoms with Crippen LogP contribution in [0.1, 0.15) is 90.4 Å². The minimum Gasteiger partial charge on any atom is -0.466 e. The Morgan fingerprint density at radius 3 is 1.58 bits per heavy atom. The first-order valence-corrected chi connectivity index (χ1v) is 10.1. The molecule has 0 aromatic rings. The third-order valence-corrected chi connectivity index (χ3v) is 4.08. The topological polar surface area (TPSA) is 52.6 Å². The molecule has 0 fully saturated rings. The fraction of sp³-hybridized carbons (Fsp3) is 0.895. The molecule has 0 saturated heterocycles. The molecule has 0 heterocycles. The summed E-state index contributed by atoms with van der Waals surface area (Å²) in [6.45, 7) is 3.19. The second-order valence-corrected chi connectivity index (χ2v) is 6.54. The van der Waals surface area contributed by atoms with Crippen molar-refractivity contribution in [1.29, 1.82) is 0 Å². The molecule has 0 radical (unpaired) electrons. The van der Waals surface area contributed by atoms with Gasteiger partial charge in [-0.25, -0.2) is 0 Å². The van der Waals surface area contributed by atoms with Crippen LogP contribution in [0.5, 0.6) is 0 Å². The first kappa shape index (κ1) is 23.2. The Kier molecular flexibility index (Phi) is 18.0. The zero-order valence-electron chi connectivity index (χ0n) is 15.3. The minimum absolute atomic E-state index is 0.154. The Morgan fingerprint density at radius 2 is 1.12 bits per heavy atom. The maximum Gasteiger partial charge on any atom is 0.305 e. The first-order valence-electron chi connectivity index (χ1n) is 9.58. The Labute approximate surface area is 152 Å². The summed E-state index contributed by atoms with van der Waals surface area (Å²) in [4.78, 5) is 23.0. The van der Waals surface area contributed by atoms with Gasteiger partial charge in [0, 0.05) is 18.7 Å². The average Bonchev–Trinajstić information content (AvgIpc) is 2.58. The van der Waals surface area contributed by atoms with E-state index in [4.69, 9.17) is 21.1 Å². The van der Waals surface area contributed by atoms with Gasteiger partial charge >= 0.3 is 11.9 Å². The van der Waals surface area contributed by atoms with Crippen molar-refractivity contribution in [1.82, 2.24) is 0 Å². The summed E-state index contributed by atoms with van der Waals surface area (Å²) in [5, 5.41) is 0. The van der Waals surface area contributed by atoms with Gasteiger partial charge in [0.15, 0.2) is 0 Å². The molecule has 0 aliphatic heterocycles. The largest absolute Gasteiger partial charge is 0.466 e. The summed E-state index contributed by atoms with van der Waals surface area (Å²) in [5.41, 5.74) is 0. The van der Waals surface area contributed by atoms with Gasteiger partial charge in [-0.3, -0.25) is 9.59 Å². The molecular formula is C19H35ClO4. The lowest BCUT2D eigenvalue weighted by molar-refractivity contribution is -0.146. The lowest BCUT2D eigenvalue weighted by Crippen LogP contribution is -2.08. The number of hydrogen-bond acceptors (Lipinski definition) is 4. The number of unbranched alkanes of at least 4 members (excludes halogenated alkanes) is 8. The third-order valence-electron chi connectivity index (χ3n) is 3.81. The van der Waals surface area contributed by atoms with E-state index in [0.29, 0.717) is 44.8 Å². The third kappa shape index (κ3) is 17.6. The quantitative estimate of drug-likeness (QED) is 0.197. The fourth-order valence-electron chi connectivity index (χ4n) is 2.31. The highest BCUT2D eigenvalue weighted by atomic mass is 35.5. The Hall–Kier alpha value is -0.770. The van der Waals surface area contributed by atoms with E-state index in [-0.39, 0.29) is 11.9 Å². The van der Waals surface area contributed by atoms with E-state index in [9.17, 15) is 9.59 Å². The molecule has 0 aliphatic carbocycles. The highest BCUT2D eigenvalue weighted by Crippen LogP contribution is 2.06. The predicted octanol–water partition coefficient (Wildman–Crippen LogP) is 5.40. The molecular weight excluding hydrogens is 328 g/mol. The van der Waals surface area contributed by atoms with Crippen molar-refractivity contribution in [2.24, 2.45) is 0 Å². The molecule has 5 heteroatoms. The Balaban J connectivity index is 3.31. The maximum absolute atomic E-state index is 11.5. The zero-order valence-corrected chi connectivity index (χ0v) is 16.1. The molecule has 0 saturated carbocycles. The molecule has 0 unspecified atom stereocenters. The average molecular weight is 363 g/mol. The van der Waals surface area contributed by atoms with Crippen molar-refractivity contribution in [2.75, 3.05) is 19.1 Å². The Bertz CT molecular complexity index is 278. The Morgan fingerprint density at radius 1 is 0.667 bits per heavy atom. The van der Waals surface area contributed by atoms with Crippen molar-refractivity contribution < 1.29 is 19.1 Å². The molecule has 0 rings (SSSR count). The lowest BCUT2D eigenvalue weighted by Gasteiger charge is -2.06. The van der Waals surface area contributed by atoms with Gasteiger partial charge in [0.1, 0.15) is 0 Å². The monoisotopic (exact) mass is 362 g/mol. The molecule has 0 bridgehead atoms. The van der Waals surface area contributed by atoms with Crippen LogP contribution in [-0.4, -0.2) is 31.0 Å². The van der Waals surface area contributed by atoms with Gasteiger partial charge in [-0.15, -0.1) is 11.6 Å². The standard InChI is InChI=1S/C19H35ClO4/c1-2-3-4-6-11-16-23-18(21)13-8-9-14-19(22)24-17-12-7-5-10-15-20/h2-17H2,1H3. The highest BCUT2D eigenvalue weighted by molar-refractivity contribution is 6.17. The summed E-state index contributed by atoms with van der Waals surface area (Å²) >= 11 is 5.59. The molecule has 24 heavy (non-hydrogen) atoms. The fourth-order valence-corrected chi connectivity index (χ4v) is 2.50. The van der Waals surface area contributed by atoms with E-state index in [1.54, 1.807) is 0 Å². The molecule has 0 aliphatic rings. The second-order valence-electron chi connectivity index (χ2n) is 6.17. The number of hydrogen-bond donors (Lipinski definition) is 0. The van der Waals surface area contributed by atoms with Gasteiger partial charge in [0.2, 0.25) is 0 Å². The second kappa shape index (κ2) is 18.6. The van der Waals surface area contributed by atoms with Crippen LogP contribution in [0.25, 0.3) is 0 Å². The van der Waals surface area contributed by atoms with Crippen molar-refractivity contribution >= 4 is 23.5 Å². The van der Waals surface area contributed by atoms with Gasteiger partial charge in [-0.1, -0.05) is 45.4 Å². The SMILES string of the molecule is CCCCCCCOC(=O)CCCCC(=O)OCCCCCCCl. The van der Waals surface area contributed by atoms with Crippen molar-refractivity contribution in [3.05, 3.63) is 0 Å². The lowest BCUT2D eigenvalue weighted by atomic mass is 10.2. The molecule has 0 aromatic carbocycles. The van der Waals surface area contributed by atoms with E-state index in [1.165, 1.54) is 19.3 Å². The van der Waals surface area contributed by atoms with E-state index in [1.807, 2.05) is 0 Å². The summed E-state index contributed by atoms with van der Waals surface area (Å²) < 4.78 is 10.3. The summed E-state index contributed by atoms with van der Waals surface area (Å²) in [7, 11) is 0. The van der Waals surface area contributed by atoms with Crippen LogP contribution >= 0.6 is 11.6 Å². The number of alkyl halides is 1. The van der Waals surface area contributed by atoms with Crippen molar-refractivity contribution in [3.63, 3.8) is 0 Å². The van der Waals surface area contributed by atoms with Crippen LogP contribution in [0.15, 0.2) is 0 Å². The summed E-state index contributed by atoms with van der Waals surface area (Å²) in [5.74, 6) is 0.371. The van der Waals surface area contributed by atoms with Crippen molar-refractivity contribution in [3.8, 4) is 0 Å². The highest BCUT2D eigenvalue weighted by Gasteiger charge is 2.06. The molecule has 0 spiro atoms. The van der Waals surface area contributed by atoms with Gasteiger partial charge in [0.25, 0.3) is 0 Å². The number of halogens is 1. The number of ether oxygens (including phenoxy) is 2. The van der Waals surface area contributed by atoms with E-state index in [2.05, 4.69) is 6.92 Å². The van der Waals surface area contributed by atoms with Gasteiger partial charge in [-0.2, -0.15) is 0 Å². The summed E-state index contributed by atoms with van der Waals surface area (Å²) in [6, 6.07) is 0. The molecule has 0 N–H and O–H groups in total. The normalized spacial score (nSPS) is 10.6. The molecule has 142 valence electrons. The van der Waals surface area contributed by atoms with Crippen LogP contribution < -0.4 is 0 Å². The van der Waals surface area contributed by atoms with Gasteiger partial charge < -0.3 is 9.47 Å². The van der Waals surface area contributed by atoms with Crippen LogP contribution in [0.3, 0.4) is 0 Å². The number of carbonyl (C=O) groups excluding carboxylic acids is 2. The minimum atomic E-state index is -0.170. The summed E-state index contributed by atoms with van der Waals surface area (Å²) in [6.07, 6.45) is 11.9. The molecule has 0 atom stereocenters. The van der Waals surface area contributed by atoms with Crippen LogP contribution in [0.2, 0.25) is 0 Å². The van der Waals surface area contributed by atoms with Crippen LogP contribution in [0, 0.1) is 0 Å². The van der Waals surface area contributed by atoms with Gasteiger partial charge in [-0.05, 0) is 32.1 Å². The van der Waals surface area contributed by atoms with E-state index in [0.717, 1.165) is 38.5 Å². The smallest absolute Gasteiger partial charge is 0.305 e. The molecule has 0 aromatic heterocycles. The van der Waals surface area contributed by atoms with Crippen LogP contribution in [0.4, 0.5) is 0 Å². The number of carbonyl (C=O) groups is 2. The van der Waals surface area contributed by atoms with E-state index < -0.39 is 0 Å². The maximum atomic E-state index is 11.5. The molecule has 0 amide bonds. The zero-order chi connectivity index (χ0) is 17.9. The predicted molar refractivity (Wildman–Crippen MR) is 98.3 cm³/mol. The first-order chi connectivity index (χ1) is 11.7. The molecule has 4 nitrogen and oxygen atoms in total. The van der Waals surface area contributed by atoms with Gasteiger partial charge in [0.05, 0.1) is 13.2 Å². The van der Waals surface area contributed by atoms with E-state index >= 15 is 0 Å². The van der Waals surface area contributed by atoms with Crippen molar-refractivity contribution in [2.45, 2.75) is 90.4 Å². The van der Waals surface area contributed by atoms with Crippen LogP contribution in [-0.2, 0) is 19.1 Å². The number of esters is 2.